The molecule has 0 bridgehead atoms. The number of sulfone groups is 1. The average Bonchev–Trinajstić information content (AvgIpc) is 2.74. The van der Waals surface area contributed by atoms with Gasteiger partial charge < -0.3 is 9.57 Å². The van der Waals surface area contributed by atoms with Crippen molar-refractivity contribution < 1.29 is 26.8 Å². The summed E-state index contributed by atoms with van der Waals surface area (Å²) in [5, 5.41) is 3.46. The quantitative estimate of drug-likeness (QED) is 0.832. The van der Waals surface area contributed by atoms with E-state index in [0.29, 0.717) is 0 Å². The van der Waals surface area contributed by atoms with Crippen LogP contribution in [0.3, 0.4) is 0 Å². The molecule has 1 heterocycles. The highest BCUT2D eigenvalue weighted by Crippen LogP contribution is 2.32. The van der Waals surface area contributed by atoms with Gasteiger partial charge >= 0.3 is 6.61 Å². The summed E-state index contributed by atoms with van der Waals surface area (Å²) in [6.45, 7) is 0.311. The van der Waals surface area contributed by atoms with Gasteiger partial charge in [-0.15, -0.1) is 0 Å². The number of nitrogens with zero attached hydrogens (tertiary/aromatic N) is 1. The van der Waals surface area contributed by atoms with Gasteiger partial charge in [0.25, 0.3) is 0 Å². The fraction of sp³-hybridized carbons (Fsp3) is 0.462. The largest absolute Gasteiger partial charge is 0.434 e. The Hall–Kier alpha value is -1.41. The van der Waals surface area contributed by atoms with E-state index in [1.165, 1.54) is 18.2 Å². The molecule has 0 radical (unpaired) electrons. The molecule has 0 unspecified atom stereocenters. The Morgan fingerprint density at radius 1 is 1.45 bits per heavy atom. The molecule has 1 aromatic rings. The first-order chi connectivity index (χ1) is 10.1. The van der Waals surface area contributed by atoms with E-state index in [1.807, 2.05) is 0 Å². The molecule has 0 fully saturated rings. The number of alkyl halides is 2. The van der Waals surface area contributed by atoms with Crippen LogP contribution in [0.25, 0.3) is 0 Å². The topological polar surface area (TPSA) is 65.0 Å². The molecule has 22 heavy (non-hydrogen) atoms. The summed E-state index contributed by atoms with van der Waals surface area (Å²) in [5.41, 5.74) is -0.748. The molecule has 1 aliphatic rings. The number of oxime groups is 1. The molecule has 2 rings (SSSR count). The van der Waals surface area contributed by atoms with Crippen LogP contribution in [-0.4, -0.2) is 25.7 Å². The van der Waals surface area contributed by atoms with Crippen LogP contribution in [0.4, 0.5) is 8.78 Å². The van der Waals surface area contributed by atoms with Crippen LogP contribution in [0.5, 0.6) is 5.75 Å². The number of halogens is 3. The van der Waals surface area contributed by atoms with Crippen LogP contribution >= 0.6 is 11.6 Å². The Bertz CT molecular complexity index is 704. The van der Waals surface area contributed by atoms with Gasteiger partial charge in [-0.25, -0.2) is 8.42 Å². The predicted molar refractivity (Wildman–Crippen MR) is 77.9 cm³/mol. The Kier molecular flexibility index (Phi) is 4.62. The highest BCUT2D eigenvalue weighted by atomic mass is 35.5. The van der Waals surface area contributed by atoms with Crippen molar-refractivity contribution in [2.45, 2.75) is 38.2 Å². The second-order valence-electron chi connectivity index (χ2n) is 5.37. The van der Waals surface area contributed by atoms with Crippen LogP contribution in [0.1, 0.15) is 25.8 Å². The van der Waals surface area contributed by atoms with Crippen molar-refractivity contribution in [3.05, 3.63) is 28.8 Å². The molecule has 0 saturated carbocycles. The van der Waals surface area contributed by atoms with Gasteiger partial charge in [-0.3, -0.25) is 0 Å². The maximum absolute atomic E-state index is 12.4. The zero-order valence-corrected chi connectivity index (χ0v) is 13.4. The maximum Gasteiger partial charge on any atom is 0.387 e. The van der Waals surface area contributed by atoms with Crippen LogP contribution in [-0.2, 0) is 20.4 Å². The van der Waals surface area contributed by atoms with Crippen molar-refractivity contribution in [1.82, 2.24) is 0 Å². The smallest absolute Gasteiger partial charge is 0.387 e. The van der Waals surface area contributed by atoms with Gasteiger partial charge in [0.05, 0.1) is 5.75 Å². The van der Waals surface area contributed by atoms with Gasteiger partial charge in [0.1, 0.15) is 11.4 Å². The number of benzene rings is 1. The Morgan fingerprint density at radius 3 is 2.68 bits per heavy atom. The van der Waals surface area contributed by atoms with E-state index in [0.717, 1.165) is 0 Å². The van der Waals surface area contributed by atoms with Crippen molar-refractivity contribution in [2.24, 2.45) is 5.16 Å². The average molecular weight is 354 g/mol. The molecule has 1 aliphatic heterocycles. The van der Waals surface area contributed by atoms with E-state index >= 15 is 0 Å². The van der Waals surface area contributed by atoms with Gasteiger partial charge in [-0.1, -0.05) is 22.8 Å². The van der Waals surface area contributed by atoms with Gasteiger partial charge in [-0.05, 0) is 26.0 Å². The third-order valence-corrected chi connectivity index (χ3v) is 4.92. The minimum Gasteiger partial charge on any atom is -0.434 e. The molecule has 0 spiro atoms. The zero-order valence-electron chi connectivity index (χ0n) is 11.8. The molecule has 5 nitrogen and oxygen atoms in total. The molecule has 122 valence electrons. The Balaban J connectivity index is 2.31. The van der Waals surface area contributed by atoms with E-state index in [1.54, 1.807) is 13.8 Å². The summed E-state index contributed by atoms with van der Waals surface area (Å²) in [5.74, 6) is -0.864. The molecule has 1 aromatic carbocycles. The molecule has 9 heteroatoms. The normalized spacial score (nSPS) is 17.3. The summed E-state index contributed by atoms with van der Waals surface area (Å²) in [6.07, 6.45) is 0.102. The van der Waals surface area contributed by atoms with Crippen LogP contribution in [0.15, 0.2) is 23.4 Å². The molecular weight excluding hydrogens is 340 g/mol. The molecule has 0 N–H and O–H groups in total. The van der Waals surface area contributed by atoms with E-state index in [9.17, 15) is 17.2 Å². The minimum absolute atomic E-state index is 0.0282. The summed E-state index contributed by atoms with van der Waals surface area (Å²) < 4.78 is 53.9. The first-order valence-electron chi connectivity index (χ1n) is 6.31. The summed E-state index contributed by atoms with van der Waals surface area (Å²) >= 11 is 5.92. The number of hydrogen-bond acceptors (Lipinski definition) is 5. The second-order valence-corrected chi connectivity index (χ2v) is 7.76. The van der Waals surface area contributed by atoms with Crippen LogP contribution in [0.2, 0.25) is 5.02 Å². The monoisotopic (exact) mass is 353 g/mol. The number of ether oxygens (including phenoxy) is 1. The molecule has 0 aromatic heterocycles. The predicted octanol–water partition coefficient (Wildman–Crippen LogP) is 3.37. The van der Waals surface area contributed by atoms with E-state index in [4.69, 9.17) is 16.4 Å². The highest BCUT2D eigenvalue weighted by Gasteiger charge is 2.36. The fourth-order valence-corrected chi connectivity index (χ4v) is 3.80. The zero-order chi connectivity index (χ0) is 16.5. The van der Waals surface area contributed by atoms with Crippen LogP contribution in [0, 0.1) is 0 Å². The van der Waals surface area contributed by atoms with Gasteiger partial charge in [-0.2, -0.15) is 8.78 Å². The van der Waals surface area contributed by atoms with Gasteiger partial charge in [0.2, 0.25) is 0 Å². The summed E-state index contributed by atoms with van der Waals surface area (Å²) in [4.78, 5) is 5.03. The minimum atomic E-state index is -3.85. The van der Waals surface area contributed by atoms with E-state index in [2.05, 4.69) is 9.89 Å². The molecule has 0 saturated heterocycles. The Labute approximate surface area is 131 Å². The van der Waals surface area contributed by atoms with Crippen molar-refractivity contribution in [3.63, 3.8) is 0 Å². The lowest BCUT2D eigenvalue weighted by molar-refractivity contribution is -0.0503. The summed E-state index contributed by atoms with van der Waals surface area (Å²) in [6, 6.07) is 4.04. The van der Waals surface area contributed by atoms with Gasteiger partial charge in [0, 0.05) is 17.0 Å². The Morgan fingerprint density at radius 2 is 2.14 bits per heavy atom. The fourth-order valence-electron chi connectivity index (χ4n) is 1.93. The highest BCUT2D eigenvalue weighted by molar-refractivity contribution is 8.05. The van der Waals surface area contributed by atoms with E-state index < -0.39 is 27.8 Å². The lowest BCUT2D eigenvalue weighted by Gasteiger charge is -2.14. The van der Waals surface area contributed by atoms with Crippen molar-refractivity contribution >= 4 is 26.5 Å². The lowest BCUT2D eigenvalue weighted by Crippen LogP contribution is -2.23. The first-order valence-corrected chi connectivity index (χ1v) is 8.34. The third-order valence-electron chi connectivity index (χ3n) is 2.96. The van der Waals surface area contributed by atoms with Crippen LogP contribution < -0.4 is 4.74 Å². The van der Waals surface area contributed by atoms with Crippen molar-refractivity contribution in [3.8, 4) is 5.75 Å². The SMILES string of the molecule is CC1(C)CC(S(=O)(=O)Cc2c(Cl)cccc2OC(F)F)=NO1. The first kappa shape index (κ1) is 17.0. The van der Waals surface area contributed by atoms with Gasteiger partial charge in [0.15, 0.2) is 14.9 Å². The summed E-state index contributed by atoms with van der Waals surface area (Å²) in [7, 11) is -3.85. The maximum atomic E-state index is 12.4. The van der Waals surface area contributed by atoms with Crippen molar-refractivity contribution in [1.29, 1.82) is 0 Å². The molecule has 0 aliphatic carbocycles. The molecular formula is C13H14ClF2NO4S. The number of rotatable bonds is 4. The van der Waals surface area contributed by atoms with E-state index in [-0.39, 0.29) is 27.8 Å². The third kappa shape index (κ3) is 3.86. The molecule has 0 amide bonds. The second kappa shape index (κ2) is 6.00. The lowest BCUT2D eigenvalue weighted by atomic mass is 10.1. The van der Waals surface area contributed by atoms with Crippen molar-refractivity contribution in [2.75, 3.05) is 0 Å². The number of hydrogen-bond donors (Lipinski definition) is 0. The standard InChI is InChI=1S/C13H14ClF2NO4S/c1-13(2)6-11(17-21-13)22(18,19)7-8-9(14)4-3-5-10(8)20-12(15)16/h3-5,12H,6-7H2,1-2H3. The molecule has 0 atom stereocenters.